The molecule has 0 spiro atoms. The molecule has 3 aromatic rings. The second-order valence-corrected chi connectivity index (χ2v) is 5.00. The van der Waals surface area contributed by atoms with E-state index in [1.54, 1.807) is 18.6 Å². The molecule has 0 amide bonds. The molecule has 2 heterocycles. The Labute approximate surface area is 116 Å². The van der Waals surface area contributed by atoms with Crippen molar-refractivity contribution in [2.75, 3.05) is 7.11 Å². The number of nitrogens with zero attached hydrogens (tertiary/aromatic N) is 1. The summed E-state index contributed by atoms with van der Waals surface area (Å²) in [4.78, 5) is 19.1. The minimum atomic E-state index is -1.21. The van der Waals surface area contributed by atoms with Gasteiger partial charge in [-0.3, -0.25) is 0 Å². The number of hydrogen-bond acceptors (Lipinski definition) is 4. The molecule has 0 saturated carbocycles. The van der Waals surface area contributed by atoms with Crippen LogP contribution in [-0.2, 0) is 0 Å². The summed E-state index contributed by atoms with van der Waals surface area (Å²) >= 11 is 1.40. The smallest absolute Gasteiger partial charge is 0.338 e. The number of aromatic nitrogens is 2. The van der Waals surface area contributed by atoms with E-state index >= 15 is 0 Å². The molecule has 0 bridgehead atoms. The Morgan fingerprint density at radius 1 is 1.45 bits per heavy atom. The van der Waals surface area contributed by atoms with Gasteiger partial charge in [-0.05, 0) is 12.1 Å². The molecule has 3 rings (SSSR count). The largest absolute Gasteiger partial charge is 0.496 e. The van der Waals surface area contributed by atoms with Crippen molar-refractivity contribution >= 4 is 28.3 Å². The summed E-state index contributed by atoms with van der Waals surface area (Å²) in [5.41, 5.74) is 0.428. The molecule has 0 aliphatic heterocycles. The number of carbonyl (C=O) groups is 1. The highest BCUT2D eigenvalue weighted by Crippen LogP contribution is 2.31. The predicted molar refractivity (Wildman–Crippen MR) is 72.9 cm³/mol. The van der Waals surface area contributed by atoms with E-state index in [1.165, 1.54) is 17.4 Å². The molecular weight excluding hydrogens is 283 g/mol. The second-order valence-electron chi connectivity index (χ2n) is 4.09. The standard InChI is InChI=1S/C13H9FN2O3S/c1-19-7-4-10(20-5-7)12-15-9-3-6(14)2-8(13(17)18)11(9)16-12/h2-5H,1H3,(H,15,16)(H,17,18). The Balaban J connectivity index is 2.19. The third-order valence-corrected chi connectivity index (χ3v) is 3.74. The number of hydrogen-bond donors (Lipinski definition) is 2. The zero-order chi connectivity index (χ0) is 14.3. The van der Waals surface area contributed by atoms with Crippen LogP contribution in [0.1, 0.15) is 10.4 Å². The third kappa shape index (κ3) is 2.01. The van der Waals surface area contributed by atoms with Crippen molar-refractivity contribution in [3.8, 4) is 16.5 Å². The Kier molecular flexibility index (Phi) is 2.90. The number of fused-ring (bicyclic) bond motifs is 1. The monoisotopic (exact) mass is 292 g/mol. The topological polar surface area (TPSA) is 75.2 Å². The highest BCUT2D eigenvalue weighted by Gasteiger charge is 2.16. The number of thiophene rings is 1. The van der Waals surface area contributed by atoms with Gasteiger partial charge in [-0.2, -0.15) is 0 Å². The Morgan fingerprint density at radius 2 is 2.25 bits per heavy atom. The van der Waals surface area contributed by atoms with E-state index in [0.29, 0.717) is 17.1 Å². The number of H-pyrrole nitrogens is 1. The highest BCUT2D eigenvalue weighted by molar-refractivity contribution is 7.13. The van der Waals surface area contributed by atoms with Crippen LogP contribution in [-0.4, -0.2) is 28.2 Å². The first kappa shape index (κ1) is 12.6. The molecule has 0 atom stereocenters. The molecule has 1 aromatic carbocycles. The number of aromatic carboxylic acids is 1. The molecule has 0 radical (unpaired) electrons. The van der Waals surface area contributed by atoms with E-state index in [9.17, 15) is 9.18 Å². The summed E-state index contributed by atoms with van der Waals surface area (Å²) < 4.78 is 18.5. The first-order valence-corrected chi connectivity index (χ1v) is 6.52. The van der Waals surface area contributed by atoms with Crippen molar-refractivity contribution in [3.63, 3.8) is 0 Å². The number of imidazole rings is 1. The average Bonchev–Trinajstić information content (AvgIpc) is 3.02. The number of benzene rings is 1. The van der Waals surface area contributed by atoms with E-state index < -0.39 is 11.8 Å². The van der Waals surface area contributed by atoms with Crippen molar-refractivity contribution in [2.45, 2.75) is 0 Å². The van der Waals surface area contributed by atoms with Gasteiger partial charge in [-0.25, -0.2) is 14.2 Å². The number of aromatic amines is 1. The van der Waals surface area contributed by atoms with Gasteiger partial charge in [0.2, 0.25) is 0 Å². The Hall–Kier alpha value is -2.41. The summed E-state index contributed by atoms with van der Waals surface area (Å²) in [5.74, 6) is -0.651. The first-order chi connectivity index (χ1) is 9.58. The van der Waals surface area contributed by atoms with Crippen LogP contribution < -0.4 is 4.74 Å². The van der Waals surface area contributed by atoms with Crippen LogP contribution in [0.4, 0.5) is 4.39 Å². The molecular formula is C13H9FN2O3S. The fourth-order valence-electron chi connectivity index (χ4n) is 1.91. The summed E-state index contributed by atoms with van der Waals surface area (Å²) in [6.07, 6.45) is 0. The number of nitrogens with one attached hydrogen (secondary N) is 1. The number of methoxy groups -OCH3 is 1. The zero-order valence-corrected chi connectivity index (χ0v) is 11.1. The lowest BCUT2D eigenvalue weighted by Crippen LogP contribution is -1.98. The number of carboxylic acids is 1. The number of rotatable bonds is 3. The summed E-state index contributed by atoms with van der Waals surface area (Å²) in [5, 5.41) is 10.9. The van der Waals surface area contributed by atoms with Crippen LogP contribution in [0.2, 0.25) is 0 Å². The molecule has 5 nitrogen and oxygen atoms in total. The maximum atomic E-state index is 13.4. The number of carboxylic acid groups (broad SMARTS) is 1. The molecule has 0 fully saturated rings. The maximum Gasteiger partial charge on any atom is 0.338 e. The van der Waals surface area contributed by atoms with Gasteiger partial charge in [0.05, 0.1) is 23.1 Å². The third-order valence-electron chi connectivity index (χ3n) is 2.83. The van der Waals surface area contributed by atoms with Crippen LogP contribution in [0, 0.1) is 5.82 Å². The van der Waals surface area contributed by atoms with E-state index in [4.69, 9.17) is 9.84 Å². The van der Waals surface area contributed by atoms with Crippen molar-refractivity contribution in [3.05, 3.63) is 35.0 Å². The lowest BCUT2D eigenvalue weighted by Gasteiger charge is -1.95. The molecule has 0 saturated heterocycles. The van der Waals surface area contributed by atoms with Gasteiger partial charge >= 0.3 is 5.97 Å². The van der Waals surface area contributed by atoms with Gasteiger partial charge in [0.15, 0.2) is 0 Å². The van der Waals surface area contributed by atoms with E-state index in [-0.39, 0.29) is 11.1 Å². The average molecular weight is 292 g/mol. The van der Waals surface area contributed by atoms with Gasteiger partial charge in [0, 0.05) is 11.4 Å². The lowest BCUT2D eigenvalue weighted by molar-refractivity contribution is 0.0698. The highest BCUT2D eigenvalue weighted by atomic mass is 32.1. The Morgan fingerprint density at radius 3 is 2.90 bits per heavy atom. The minimum Gasteiger partial charge on any atom is -0.496 e. The summed E-state index contributed by atoms with van der Waals surface area (Å²) in [7, 11) is 1.56. The van der Waals surface area contributed by atoms with Crippen LogP contribution in [0.3, 0.4) is 0 Å². The van der Waals surface area contributed by atoms with Crippen LogP contribution in [0.25, 0.3) is 21.7 Å². The SMILES string of the molecule is COc1csc(-c2nc3c(C(=O)O)cc(F)cc3[nH]2)c1. The molecule has 0 unspecified atom stereocenters. The fourth-order valence-corrected chi connectivity index (χ4v) is 2.71. The second kappa shape index (κ2) is 4.61. The van der Waals surface area contributed by atoms with E-state index in [0.717, 1.165) is 10.9 Å². The van der Waals surface area contributed by atoms with Gasteiger partial charge in [-0.1, -0.05) is 0 Å². The predicted octanol–water partition coefficient (Wildman–Crippen LogP) is 3.14. The Bertz CT molecular complexity index is 809. The zero-order valence-electron chi connectivity index (χ0n) is 10.3. The number of ether oxygens (including phenoxy) is 1. The van der Waals surface area contributed by atoms with E-state index in [1.807, 2.05) is 0 Å². The lowest BCUT2D eigenvalue weighted by atomic mass is 10.2. The van der Waals surface area contributed by atoms with Crippen molar-refractivity contribution in [1.82, 2.24) is 9.97 Å². The fraction of sp³-hybridized carbons (Fsp3) is 0.0769. The first-order valence-electron chi connectivity index (χ1n) is 5.64. The molecule has 2 N–H and O–H groups in total. The summed E-state index contributed by atoms with van der Waals surface area (Å²) in [6, 6.07) is 3.96. The normalized spacial score (nSPS) is 10.9. The molecule has 7 heteroatoms. The van der Waals surface area contributed by atoms with Crippen LogP contribution in [0.5, 0.6) is 5.75 Å². The van der Waals surface area contributed by atoms with Gasteiger partial charge < -0.3 is 14.8 Å². The van der Waals surface area contributed by atoms with Gasteiger partial charge in [-0.15, -0.1) is 11.3 Å². The quantitative estimate of drug-likeness (QED) is 0.777. The minimum absolute atomic E-state index is 0.161. The van der Waals surface area contributed by atoms with Crippen molar-refractivity contribution in [1.29, 1.82) is 0 Å². The molecule has 102 valence electrons. The molecule has 20 heavy (non-hydrogen) atoms. The van der Waals surface area contributed by atoms with Gasteiger partial charge in [0.1, 0.15) is 22.9 Å². The van der Waals surface area contributed by atoms with Crippen molar-refractivity contribution in [2.24, 2.45) is 0 Å². The number of halogens is 1. The van der Waals surface area contributed by atoms with Crippen LogP contribution in [0.15, 0.2) is 23.6 Å². The van der Waals surface area contributed by atoms with Crippen LogP contribution >= 0.6 is 11.3 Å². The van der Waals surface area contributed by atoms with E-state index in [2.05, 4.69) is 9.97 Å². The molecule has 0 aliphatic rings. The molecule has 0 aliphatic carbocycles. The summed E-state index contributed by atoms with van der Waals surface area (Å²) in [6.45, 7) is 0. The maximum absolute atomic E-state index is 13.4. The molecule has 2 aromatic heterocycles. The van der Waals surface area contributed by atoms with Gasteiger partial charge in [0.25, 0.3) is 0 Å². The van der Waals surface area contributed by atoms with Crippen molar-refractivity contribution < 1.29 is 19.0 Å².